The molecule has 5 aliphatic rings. The van der Waals surface area contributed by atoms with Crippen molar-refractivity contribution in [2.75, 3.05) is 32.7 Å². The maximum absolute atomic E-state index is 13.4. The molecule has 4 unspecified atom stereocenters. The molecule has 0 aromatic carbocycles. The van der Waals surface area contributed by atoms with Crippen LogP contribution < -0.4 is 0 Å². The van der Waals surface area contributed by atoms with Gasteiger partial charge in [0, 0.05) is 26.2 Å². The highest BCUT2D eigenvalue weighted by Gasteiger charge is 2.65. The Balaban J connectivity index is 1.47. The number of carbonyl (C=O) groups is 1. The molecule has 0 radical (unpaired) electrons. The smallest absolute Gasteiger partial charge is 0.390 e. The van der Waals surface area contributed by atoms with Gasteiger partial charge in [0.2, 0.25) is 5.91 Å². The summed E-state index contributed by atoms with van der Waals surface area (Å²) in [7, 11) is 0. The third-order valence-electron chi connectivity index (χ3n) is 7.42. The monoisotopic (exact) mass is 374 g/mol. The Morgan fingerprint density at radius 3 is 2.35 bits per heavy atom. The van der Waals surface area contributed by atoms with Gasteiger partial charge in [-0.3, -0.25) is 9.69 Å². The molecule has 1 heterocycles. The highest BCUT2D eigenvalue weighted by Crippen LogP contribution is 2.68. The molecular weight excluding hydrogens is 345 g/mol. The third kappa shape index (κ3) is 3.15. The van der Waals surface area contributed by atoms with Crippen LogP contribution in [0.5, 0.6) is 0 Å². The molecule has 0 aromatic heterocycles. The fraction of sp³-hybridized carbons (Fsp3) is 0.947. The van der Waals surface area contributed by atoms with Crippen molar-refractivity contribution >= 4 is 5.91 Å². The average molecular weight is 374 g/mol. The first-order valence-corrected chi connectivity index (χ1v) is 9.87. The van der Waals surface area contributed by atoms with Crippen LogP contribution in [0.25, 0.3) is 0 Å². The fourth-order valence-corrected chi connectivity index (χ4v) is 6.92. The molecular formula is C19H29F3N2O2. The first kappa shape index (κ1) is 18.5. The first-order chi connectivity index (χ1) is 12.1. The van der Waals surface area contributed by atoms with E-state index in [-0.39, 0.29) is 24.4 Å². The second kappa shape index (κ2) is 5.84. The molecule has 1 saturated heterocycles. The van der Waals surface area contributed by atoms with Crippen molar-refractivity contribution in [1.29, 1.82) is 0 Å². The molecule has 4 atom stereocenters. The van der Waals surface area contributed by atoms with Crippen molar-refractivity contribution < 1.29 is 23.1 Å². The van der Waals surface area contributed by atoms with E-state index in [4.69, 9.17) is 0 Å². The van der Waals surface area contributed by atoms with Gasteiger partial charge in [-0.25, -0.2) is 0 Å². The average Bonchev–Trinajstić information content (AvgIpc) is 2.51. The van der Waals surface area contributed by atoms with Crippen LogP contribution >= 0.6 is 0 Å². The number of amides is 1. The zero-order chi connectivity index (χ0) is 18.8. The van der Waals surface area contributed by atoms with Gasteiger partial charge < -0.3 is 10.0 Å². The lowest BCUT2D eigenvalue weighted by atomic mass is 9.42. The Hall–Kier alpha value is -0.820. The Bertz CT molecular complexity index is 590. The molecule has 5 rings (SSSR count). The summed E-state index contributed by atoms with van der Waals surface area (Å²) >= 11 is 0. The van der Waals surface area contributed by atoms with Gasteiger partial charge in [0.25, 0.3) is 0 Å². The molecule has 1 aliphatic heterocycles. The van der Waals surface area contributed by atoms with E-state index < -0.39 is 23.7 Å². The number of alkyl halides is 3. The van der Waals surface area contributed by atoms with Crippen molar-refractivity contribution in [3.8, 4) is 0 Å². The summed E-state index contributed by atoms with van der Waals surface area (Å²) in [6.07, 6.45) is 1.75. The fourth-order valence-electron chi connectivity index (χ4n) is 6.92. The zero-order valence-electron chi connectivity index (χ0n) is 15.4. The second-order valence-electron chi connectivity index (χ2n) is 9.55. The molecule has 26 heavy (non-hydrogen) atoms. The highest BCUT2D eigenvalue weighted by molar-refractivity contribution is 5.83. The van der Waals surface area contributed by atoms with Gasteiger partial charge >= 0.3 is 6.18 Å². The van der Waals surface area contributed by atoms with E-state index in [2.05, 4.69) is 6.92 Å². The van der Waals surface area contributed by atoms with E-state index in [0.29, 0.717) is 25.4 Å². The number of nitrogens with zero attached hydrogens (tertiary/aromatic N) is 2. The Morgan fingerprint density at radius 2 is 1.77 bits per heavy atom. The SMILES string of the molecule is CCC12CC3CC(O)(C1)CC(C(=O)N1CCN(CC(F)(F)F)CC1)(C3)C2. The van der Waals surface area contributed by atoms with Crippen LogP contribution in [0.4, 0.5) is 13.2 Å². The summed E-state index contributed by atoms with van der Waals surface area (Å²) in [5, 5.41) is 11.1. The van der Waals surface area contributed by atoms with E-state index >= 15 is 0 Å². The van der Waals surface area contributed by atoms with Crippen molar-refractivity contribution in [1.82, 2.24) is 9.80 Å². The van der Waals surface area contributed by atoms with E-state index in [1.807, 2.05) is 0 Å². The van der Waals surface area contributed by atoms with Crippen LogP contribution in [-0.2, 0) is 4.79 Å². The van der Waals surface area contributed by atoms with Crippen molar-refractivity contribution in [3.05, 3.63) is 0 Å². The number of aliphatic hydroxyl groups is 1. The molecule has 0 spiro atoms. The van der Waals surface area contributed by atoms with Crippen molar-refractivity contribution in [3.63, 3.8) is 0 Å². The molecule has 5 fully saturated rings. The van der Waals surface area contributed by atoms with Crippen LogP contribution in [0.2, 0.25) is 0 Å². The molecule has 4 nitrogen and oxygen atoms in total. The van der Waals surface area contributed by atoms with Gasteiger partial charge in [0.05, 0.1) is 17.6 Å². The quantitative estimate of drug-likeness (QED) is 0.826. The summed E-state index contributed by atoms with van der Waals surface area (Å²) in [4.78, 5) is 16.6. The zero-order valence-corrected chi connectivity index (χ0v) is 15.4. The van der Waals surface area contributed by atoms with Crippen LogP contribution in [0.1, 0.15) is 51.9 Å². The van der Waals surface area contributed by atoms with E-state index in [0.717, 1.165) is 38.5 Å². The van der Waals surface area contributed by atoms with Crippen LogP contribution in [0.15, 0.2) is 0 Å². The Kier molecular flexibility index (Phi) is 4.16. The lowest BCUT2D eigenvalue weighted by molar-refractivity contribution is -0.211. The number of carbonyl (C=O) groups excluding carboxylic acids is 1. The van der Waals surface area contributed by atoms with Crippen LogP contribution in [-0.4, -0.2) is 65.3 Å². The summed E-state index contributed by atoms with van der Waals surface area (Å²) in [6.45, 7) is 2.52. The van der Waals surface area contributed by atoms with Gasteiger partial charge in [-0.2, -0.15) is 13.2 Å². The van der Waals surface area contributed by atoms with Crippen molar-refractivity contribution in [2.45, 2.75) is 63.6 Å². The van der Waals surface area contributed by atoms with E-state index in [9.17, 15) is 23.1 Å². The topological polar surface area (TPSA) is 43.8 Å². The highest BCUT2D eigenvalue weighted by atomic mass is 19.4. The lowest BCUT2D eigenvalue weighted by Crippen LogP contribution is -2.65. The molecule has 7 heteroatoms. The first-order valence-electron chi connectivity index (χ1n) is 9.87. The normalized spacial score (nSPS) is 43.1. The minimum absolute atomic E-state index is 0.0714. The predicted octanol–water partition coefficient (Wildman–Crippen LogP) is 2.80. The number of hydrogen-bond donors (Lipinski definition) is 1. The van der Waals surface area contributed by atoms with Gasteiger partial charge in [0.15, 0.2) is 0 Å². The summed E-state index contributed by atoms with van der Waals surface area (Å²) in [5.41, 5.74) is -1.14. The van der Waals surface area contributed by atoms with Crippen LogP contribution in [0, 0.1) is 16.7 Å². The second-order valence-corrected chi connectivity index (χ2v) is 9.55. The number of piperazine rings is 1. The Morgan fingerprint density at radius 1 is 1.08 bits per heavy atom. The standard InChI is InChI=1S/C19H29F3N2O2/c1-2-16-7-14-8-17(10-16,12-18(26,9-14)11-16)15(25)24-5-3-23(4-6-24)13-19(20,21)22/h14,26H,2-13H2,1H3. The van der Waals surface area contributed by atoms with E-state index in [1.165, 1.54) is 4.90 Å². The molecule has 4 aliphatic carbocycles. The molecule has 4 saturated carbocycles. The molecule has 4 bridgehead atoms. The maximum atomic E-state index is 13.4. The Labute approximate surface area is 152 Å². The summed E-state index contributed by atoms with van der Waals surface area (Å²) in [5.74, 6) is 0.496. The summed E-state index contributed by atoms with van der Waals surface area (Å²) < 4.78 is 37.7. The van der Waals surface area contributed by atoms with E-state index in [1.54, 1.807) is 4.90 Å². The van der Waals surface area contributed by atoms with Gasteiger partial charge in [-0.15, -0.1) is 0 Å². The maximum Gasteiger partial charge on any atom is 0.401 e. The minimum Gasteiger partial charge on any atom is -0.390 e. The van der Waals surface area contributed by atoms with Gasteiger partial charge in [-0.05, 0) is 49.9 Å². The molecule has 1 amide bonds. The minimum atomic E-state index is -4.19. The lowest BCUT2D eigenvalue weighted by Gasteiger charge is -2.65. The molecule has 0 aromatic rings. The number of halogens is 3. The third-order valence-corrected chi connectivity index (χ3v) is 7.42. The predicted molar refractivity (Wildman–Crippen MR) is 90.4 cm³/mol. The van der Waals surface area contributed by atoms with Gasteiger partial charge in [0.1, 0.15) is 0 Å². The van der Waals surface area contributed by atoms with Gasteiger partial charge in [-0.1, -0.05) is 13.3 Å². The van der Waals surface area contributed by atoms with Crippen molar-refractivity contribution in [2.24, 2.45) is 16.7 Å². The number of hydrogen-bond acceptors (Lipinski definition) is 3. The molecule has 148 valence electrons. The summed E-state index contributed by atoms with van der Waals surface area (Å²) in [6, 6.07) is 0. The molecule has 1 N–H and O–H groups in total. The number of rotatable bonds is 3. The largest absolute Gasteiger partial charge is 0.401 e. The van der Waals surface area contributed by atoms with Crippen LogP contribution in [0.3, 0.4) is 0 Å².